The molecule has 0 atom stereocenters. The van der Waals surface area contributed by atoms with Gasteiger partial charge >= 0.3 is 0 Å². The predicted octanol–water partition coefficient (Wildman–Crippen LogP) is 2.25. The molecule has 1 aromatic heterocycles. The third-order valence-corrected chi connectivity index (χ3v) is 5.83. The zero-order valence-electron chi connectivity index (χ0n) is 11.9. The molecule has 1 saturated heterocycles. The van der Waals surface area contributed by atoms with Gasteiger partial charge in [-0.3, -0.25) is 4.98 Å². The van der Waals surface area contributed by atoms with Crippen molar-refractivity contribution in [1.29, 1.82) is 0 Å². The Kier molecular flexibility index (Phi) is 4.33. The van der Waals surface area contributed by atoms with Crippen LogP contribution in [-0.2, 0) is 10.0 Å². The van der Waals surface area contributed by atoms with E-state index < -0.39 is 10.0 Å². The first-order valence-corrected chi connectivity index (χ1v) is 8.80. The number of nitrogens with zero attached hydrogens (tertiary/aromatic N) is 3. The van der Waals surface area contributed by atoms with E-state index in [0.717, 1.165) is 5.69 Å². The van der Waals surface area contributed by atoms with Gasteiger partial charge in [0.2, 0.25) is 10.0 Å². The molecule has 7 heteroatoms. The minimum atomic E-state index is -3.48. The SMILES string of the molecule is O=S(=O)(c1cccc(Cl)c1)N1CCN(c2ccncc2)CC1. The standard InChI is InChI=1S/C15H16ClN3O2S/c16-13-2-1-3-15(12-13)22(20,21)19-10-8-18(9-11-19)14-4-6-17-7-5-14/h1-7,12H,8-11H2. The lowest BCUT2D eigenvalue weighted by atomic mass is 10.3. The largest absolute Gasteiger partial charge is 0.369 e. The highest BCUT2D eigenvalue weighted by atomic mass is 35.5. The summed E-state index contributed by atoms with van der Waals surface area (Å²) < 4.78 is 26.8. The molecule has 0 amide bonds. The highest BCUT2D eigenvalue weighted by Crippen LogP contribution is 2.22. The lowest BCUT2D eigenvalue weighted by molar-refractivity contribution is 0.385. The van der Waals surface area contributed by atoms with Crippen LogP contribution in [0.4, 0.5) is 5.69 Å². The number of aromatic nitrogens is 1. The monoisotopic (exact) mass is 337 g/mol. The number of pyridine rings is 1. The molecule has 3 rings (SSSR count). The first-order valence-electron chi connectivity index (χ1n) is 6.98. The van der Waals surface area contributed by atoms with Crippen LogP contribution in [0.25, 0.3) is 0 Å². The number of hydrogen-bond donors (Lipinski definition) is 0. The summed E-state index contributed by atoms with van der Waals surface area (Å²) >= 11 is 5.90. The van der Waals surface area contributed by atoms with Crippen molar-refractivity contribution in [2.45, 2.75) is 4.90 Å². The molecule has 0 radical (unpaired) electrons. The number of sulfonamides is 1. The summed E-state index contributed by atoms with van der Waals surface area (Å²) in [5.41, 5.74) is 1.06. The second-order valence-corrected chi connectivity index (χ2v) is 7.43. The number of benzene rings is 1. The zero-order chi connectivity index (χ0) is 15.6. The summed E-state index contributed by atoms with van der Waals surface area (Å²) in [4.78, 5) is 6.40. The van der Waals surface area contributed by atoms with Crippen LogP contribution in [0.1, 0.15) is 0 Å². The van der Waals surface area contributed by atoms with Crippen molar-refractivity contribution in [2.24, 2.45) is 0 Å². The predicted molar refractivity (Wildman–Crippen MR) is 86.7 cm³/mol. The minimum absolute atomic E-state index is 0.248. The summed E-state index contributed by atoms with van der Waals surface area (Å²) in [6.07, 6.45) is 3.48. The molecule has 2 heterocycles. The van der Waals surface area contributed by atoms with Gasteiger partial charge in [0.05, 0.1) is 4.90 Å². The Bertz CT molecular complexity index is 744. The van der Waals surface area contributed by atoms with Crippen LogP contribution >= 0.6 is 11.6 Å². The Labute approximate surface area is 135 Å². The van der Waals surface area contributed by atoms with Crippen molar-refractivity contribution >= 4 is 27.3 Å². The molecule has 0 saturated carbocycles. The van der Waals surface area contributed by atoms with Gasteiger partial charge in [-0.15, -0.1) is 0 Å². The maximum Gasteiger partial charge on any atom is 0.243 e. The van der Waals surface area contributed by atoms with Gasteiger partial charge in [0.1, 0.15) is 0 Å². The van der Waals surface area contributed by atoms with E-state index in [4.69, 9.17) is 11.6 Å². The molecule has 2 aromatic rings. The van der Waals surface area contributed by atoms with Crippen molar-refractivity contribution in [3.8, 4) is 0 Å². The Morgan fingerprint density at radius 2 is 1.68 bits per heavy atom. The Balaban J connectivity index is 1.73. The van der Waals surface area contributed by atoms with E-state index in [1.807, 2.05) is 12.1 Å². The molecule has 116 valence electrons. The summed E-state index contributed by atoms with van der Waals surface area (Å²) in [7, 11) is -3.48. The van der Waals surface area contributed by atoms with Gasteiger partial charge in [-0.1, -0.05) is 17.7 Å². The summed E-state index contributed by atoms with van der Waals surface area (Å²) in [5.74, 6) is 0. The second-order valence-electron chi connectivity index (χ2n) is 5.05. The fourth-order valence-electron chi connectivity index (χ4n) is 2.52. The molecule has 0 aliphatic carbocycles. The lowest BCUT2D eigenvalue weighted by Crippen LogP contribution is -2.48. The average molecular weight is 338 g/mol. The normalized spacial score (nSPS) is 16.7. The number of hydrogen-bond acceptors (Lipinski definition) is 4. The number of anilines is 1. The quantitative estimate of drug-likeness (QED) is 0.862. The van der Waals surface area contributed by atoms with Crippen LogP contribution in [0.5, 0.6) is 0 Å². The van der Waals surface area contributed by atoms with E-state index in [1.165, 1.54) is 10.4 Å². The van der Waals surface area contributed by atoms with Crippen LogP contribution in [0, 0.1) is 0 Å². The number of rotatable bonds is 3. The molecular formula is C15H16ClN3O2S. The second kappa shape index (κ2) is 6.24. The van der Waals surface area contributed by atoms with Gasteiger partial charge in [0.15, 0.2) is 0 Å². The van der Waals surface area contributed by atoms with E-state index in [0.29, 0.717) is 31.2 Å². The summed E-state index contributed by atoms with van der Waals surface area (Å²) in [6.45, 7) is 2.22. The van der Waals surface area contributed by atoms with Gasteiger partial charge in [-0.2, -0.15) is 4.31 Å². The van der Waals surface area contributed by atoms with Gasteiger partial charge in [0, 0.05) is 49.3 Å². The fraction of sp³-hybridized carbons (Fsp3) is 0.267. The molecule has 5 nitrogen and oxygen atoms in total. The molecule has 1 aliphatic heterocycles. The summed E-state index contributed by atoms with van der Waals surface area (Å²) in [5, 5.41) is 0.427. The molecule has 0 N–H and O–H groups in total. The van der Waals surface area contributed by atoms with E-state index in [9.17, 15) is 8.42 Å². The van der Waals surface area contributed by atoms with Crippen molar-refractivity contribution in [1.82, 2.24) is 9.29 Å². The van der Waals surface area contributed by atoms with Crippen LogP contribution < -0.4 is 4.90 Å². The average Bonchev–Trinajstić information content (AvgIpc) is 2.56. The third-order valence-electron chi connectivity index (χ3n) is 3.70. The molecule has 0 unspecified atom stereocenters. The van der Waals surface area contributed by atoms with Crippen LogP contribution in [0.2, 0.25) is 5.02 Å². The van der Waals surface area contributed by atoms with E-state index in [-0.39, 0.29) is 4.90 Å². The van der Waals surface area contributed by atoms with Crippen molar-refractivity contribution in [3.05, 3.63) is 53.8 Å². The third kappa shape index (κ3) is 3.09. The first-order chi connectivity index (χ1) is 10.6. The molecule has 1 aromatic carbocycles. The molecule has 1 aliphatic rings. The van der Waals surface area contributed by atoms with Crippen molar-refractivity contribution in [3.63, 3.8) is 0 Å². The fourth-order valence-corrected chi connectivity index (χ4v) is 4.24. The molecule has 22 heavy (non-hydrogen) atoms. The van der Waals surface area contributed by atoms with Gasteiger partial charge in [0.25, 0.3) is 0 Å². The molecular weight excluding hydrogens is 322 g/mol. The van der Waals surface area contributed by atoms with E-state index in [2.05, 4.69) is 9.88 Å². The Morgan fingerprint density at radius 1 is 1.00 bits per heavy atom. The highest BCUT2D eigenvalue weighted by molar-refractivity contribution is 7.89. The van der Waals surface area contributed by atoms with Gasteiger partial charge in [-0.05, 0) is 30.3 Å². The minimum Gasteiger partial charge on any atom is -0.369 e. The van der Waals surface area contributed by atoms with Crippen LogP contribution in [-0.4, -0.2) is 43.9 Å². The molecule has 0 bridgehead atoms. The van der Waals surface area contributed by atoms with Gasteiger partial charge in [-0.25, -0.2) is 8.42 Å². The number of piperazine rings is 1. The van der Waals surface area contributed by atoms with E-state index >= 15 is 0 Å². The molecule has 0 spiro atoms. The van der Waals surface area contributed by atoms with Crippen molar-refractivity contribution in [2.75, 3.05) is 31.1 Å². The Morgan fingerprint density at radius 3 is 2.32 bits per heavy atom. The topological polar surface area (TPSA) is 53.5 Å². The smallest absolute Gasteiger partial charge is 0.243 e. The maximum absolute atomic E-state index is 12.6. The van der Waals surface area contributed by atoms with Crippen LogP contribution in [0.3, 0.4) is 0 Å². The van der Waals surface area contributed by atoms with Gasteiger partial charge < -0.3 is 4.90 Å². The first kappa shape index (κ1) is 15.3. The lowest BCUT2D eigenvalue weighted by Gasteiger charge is -2.35. The van der Waals surface area contributed by atoms with Crippen LogP contribution in [0.15, 0.2) is 53.7 Å². The van der Waals surface area contributed by atoms with E-state index in [1.54, 1.807) is 30.6 Å². The number of halogens is 1. The summed E-state index contributed by atoms with van der Waals surface area (Å²) in [6, 6.07) is 10.3. The zero-order valence-corrected chi connectivity index (χ0v) is 13.5. The highest BCUT2D eigenvalue weighted by Gasteiger charge is 2.28. The molecule has 1 fully saturated rings. The maximum atomic E-state index is 12.6. The van der Waals surface area contributed by atoms with Crippen molar-refractivity contribution < 1.29 is 8.42 Å². The Hall–Kier alpha value is -1.63.